The summed E-state index contributed by atoms with van der Waals surface area (Å²) in [7, 11) is 0. The third-order valence-electron chi connectivity index (χ3n) is 2.64. The molecule has 0 aliphatic rings. The number of likely N-dealkylation sites (N-methyl/N-ethyl adjacent to an activating group) is 1. The van der Waals surface area contributed by atoms with E-state index in [2.05, 4.69) is 4.98 Å². The van der Waals surface area contributed by atoms with Crippen molar-refractivity contribution in [2.75, 3.05) is 13.1 Å². The molecule has 0 bridgehead atoms. The van der Waals surface area contributed by atoms with E-state index in [9.17, 15) is 9.90 Å². The Labute approximate surface area is 109 Å². The number of aromatic nitrogens is 1. The molecule has 0 aliphatic heterocycles. The van der Waals surface area contributed by atoms with Gasteiger partial charge >= 0.3 is 0 Å². The monoisotopic (exact) mass is 250 g/mol. The molecule has 0 unspecified atom stereocenters. The van der Waals surface area contributed by atoms with Crippen molar-refractivity contribution in [3.05, 3.63) is 29.6 Å². The number of rotatable bonds is 5. The summed E-state index contributed by atoms with van der Waals surface area (Å²) in [6, 6.07) is 3.81. The second-order valence-electron chi connectivity index (χ2n) is 5.20. The summed E-state index contributed by atoms with van der Waals surface area (Å²) in [5, 5.41) is 9.76. The van der Waals surface area contributed by atoms with Crippen LogP contribution >= 0.6 is 0 Å². The Balaban J connectivity index is 2.65. The molecular formula is C14H22N2O2. The quantitative estimate of drug-likeness (QED) is 0.862. The Kier molecular flexibility index (Phi) is 4.84. The van der Waals surface area contributed by atoms with E-state index in [1.165, 1.54) is 0 Å². The second-order valence-corrected chi connectivity index (χ2v) is 5.20. The molecule has 0 saturated heterocycles. The first-order valence-electron chi connectivity index (χ1n) is 6.23. The lowest BCUT2D eigenvalue weighted by Gasteiger charge is -2.28. The van der Waals surface area contributed by atoms with Gasteiger partial charge < -0.3 is 10.0 Å². The van der Waals surface area contributed by atoms with Gasteiger partial charge in [0.15, 0.2) is 0 Å². The van der Waals surface area contributed by atoms with Gasteiger partial charge in [-0.05, 0) is 39.3 Å². The van der Waals surface area contributed by atoms with Crippen molar-refractivity contribution in [1.29, 1.82) is 0 Å². The zero-order valence-corrected chi connectivity index (χ0v) is 11.6. The van der Waals surface area contributed by atoms with Crippen molar-refractivity contribution in [1.82, 2.24) is 9.88 Å². The van der Waals surface area contributed by atoms with Crippen molar-refractivity contribution in [3.63, 3.8) is 0 Å². The molecule has 1 rings (SSSR count). The molecule has 0 aromatic carbocycles. The van der Waals surface area contributed by atoms with Crippen LogP contribution in [0.3, 0.4) is 0 Å². The van der Waals surface area contributed by atoms with Crippen LogP contribution in [0.5, 0.6) is 0 Å². The molecule has 4 heteroatoms. The van der Waals surface area contributed by atoms with E-state index >= 15 is 0 Å². The topological polar surface area (TPSA) is 53.4 Å². The number of hydrogen-bond acceptors (Lipinski definition) is 3. The highest BCUT2D eigenvalue weighted by molar-refractivity contribution is 5.78. The molecule has 1 N–H and O–H groups in total. The van der Waals surface area contributed by atoms with E-state index in [0.717, 1.165) is 11.3 Å². The smallest absolute Gasteiger partial charge is 0.227 e. The van der Waals surface area contributed by atoms with E-state index in [0.29, 0.717) is 19.5 Å². The Morgan fingerprint density at radius 2 is 2.11 bits per heavy atom. The fourth-order valence-electron chi connectivity index (χ4n) is 1.73. The minimum absolute atomic E-state index is 0.0188. The average Bonchev–Trinajstić information content (AvgIpc) is 2.27. The first kappa shape index (κ1) is 14.6. The molecule has 1 aromatic rings. The minimum atomic E-state index is -0.864. The fraction of sp³-hybridized carbons (Fsp3) is 0.571. The molecular weight excluding hydrogens is 228 g/mol. The predicted octanol–water partition coefficient (Wildman–Crippen LogP) is 1.55. The highest BCUT2D eigenvalue weighted by Crippen LogP contribution is 2.08. The normalized spacial score (nSPS) is 11.4. The Bertz CT molecular complexity index is 393. The molecule has 18 heavy (non-hydrogen) atoms. The van der Waals surface area contributed by atoms with Gasteiger partial charge in [-0.15, -0.1) is 0 Å². The number of aliphatic hydroxyl groups is 1. The van der Waals surface area contributed by atoms with Crippen molar-refractivity contribution in [2.24, 2.45) is 0 Å². The SMILES string of the molecule is CCN(CC(C)(C)O)C(=O)Cc1ccc(C)nc1. The minimum Gasteiger partial charge on any atom is -0.389 e. The summed E-state index contributed by atoms with van der Waals surface area (Å²) in [4.78, 5) is 17.9. The number of aryl methyl sites for hydroxylation is 1. The van der Waals surface area contributed by atoms with E-state index in [1.54, 1.807) is 24.9 Å². The molecule has 100 valence electrons. The van der Waals surface area contributed by atoms with Gasteiger partial charge in [-0.3, -0.25) is 9.78 Å². The lowest BCUT2D eigenvalue weighted by atomic mass is 10.1. The van der Waals surface area contributed by atoms with Gasteiger partial charge in [-0.25, -0.2) is 0 Å². The number of amides is 1. The molecule has 0 fully saturated rings. The van der Waals surface area contributed by atoms with Crippen molar-refractivity contribution >= 4 is 5.91 Å². The second kappa shape index (κ2) is 5.96. The molecule has 1 aromatic heterocycles. The Hall–Kier alpha value is -1.42. The summed E-state index contributed by atoms with van der Waals surface area (Å²) in [6.07, 6.45) is 2.06. The largest absolute Gasteiger partial charge is 0.389 e. The molecule has 4 nitrogen and oxygen atoms in total. The van der Waals surface area contributed by atoms with Crippen LogP contribution in [0.4, 0.5) is 0 Å². The summed E-state index contributed by atoms with van der Waals surface area (Å²) < 4.78 is 0. The van der Waals surface area contributed by atoms with Gasteiger partial charge in [0.25, 0.3) is 0 Å². The lowest BCUT2D eigenvalue weighted by molar-refractivity contribution is -0.133. The lowest BCUT2D eigenvalue weighted by Crippen LogP contribution is -2.42. The molecule has 0 radical (unpaired) electrons. The van der Waals surface area contributed by atoms with Gasteiger partial charge in [-0.1, -0.05) is 6.07 Å². The summed E-state index contributed by atoms with van der Waals surface area (Å²) in [6.45, 7) is 8.19. The molecule has 0 saturated carbocycles. The van der Waals surface area contributed by atoms with Crippen LogP contribution < -0.4 is 0 Å². The molecule has 1 heterocycles. The molecule has 1 amide bonds. The highest BCUT2D eigenvalue weighted by atomic mass is 16.3. The fourth-order valence-corrected chi connectivity index (χ4v) is 1.73. The average molecular weight is 250 g/mol. The third kappa shape index (κ3) is 4.84. The number of pyridine rings is 1. The van der Waals surface area contributed by atoms with E-state index < -0.39 is 5.60 Å². The Morgan fingerprint density at radius 3 is 2.56 bits per heavy atom. The standard InChI is InChI=1S/C14H22N2O2/c1-5-16(10-14(3,4)18)13(17)8-12-7-6-11(2)15-9-12/h6-7,9,18H,5,8,10H2,1-4H3. The highest BCUT2D eigenvalue weighted by Gasteiger charge is 2.21. The van der Waals surface area contributed by atoms with Crippen LogP contribution in [0, 0.1) is 6.92 Å². The van der Waals surface area contributed by atoms with Gasteiger partial charge in [0.1, 0.15) is 0 Å². The number of nitrogens with zero attached hydrogens (tertiary/aromatic N) is 2. The van der Waals surface area contributed by atoms with Crippen molar-refractivity contribution in [3.8, 4) is 0 Å². The van der Waals surface area contributed by atoms with Crippen molar-refractivity contribution in [2.45, 2.75) is 39.7 Å². The van der Waals surface area contributed by atoms with Crippen LogP contribution in [0.15, 0.2) is 18.3 Å². The maximum Gasteiger partial charge on any atom is 0.227 e. The van der Waals surface area contributed by atoms with Gasteiger partial charge in [0.2, 0.25) is 5.91 Å². The third-order valence-corrected chi connectivity index (χ3v) is 2.64. The van der Waals surface area contributed by atoms with E-state index in [4.69, 9.17) is 0 Å². The van der Waals surface area contributed by atoms with Gasteiger partial charge in [0.05, 0.1) is 12.0 Å². The number of carbonyl (C=O) groups excluding carboxylic acids is 1. The molecule has 0 atom stereocenters. The molecule has 0 spiro atoms. The van der Waals surface area contributed by atoms with Crippen LogP contribution in [-0.4, -0.2) is 39.6 Å². The van der Waals surface area contributed by atoms with E-state index in [-0.39, 0.29) is 5.91 Å². The number of carbonyl (C=O) groups is 1. The first-order valence-corrected chi connectivity index (χ1v) is 6.23. The van der Waals surface area contributed by atoms with Gasteiger partial charge in [0, 0.05) is 25.0 Å². The predicted molar refractivity (Wildman–Crippen MR) is 71.2 cm³/mol. The molecule has 0 aliphatic carbocycles. The van der Waals surface area contributed by atoms with Crippen LogP contribution in [-0.2, 0) is 11.2 Å². The van der Waals surface area contributed by atoms with Crippen molar-refractivity contribution < 1.29 is 9.90 Å². The zero-order chi connectivity index (χ0) is 13.8. The Morgan fingerprint density at radius 1 is 1.44 bits per heavy atom. The first-order chi connectivity index (χ1) is 8.31. The summed E-state index contributed by atoms with van der Waals surface area (Å²) in [5.41, 5.74) is 0.979. The maximum absolute atomic E-state index is 12.1. The van der Waals surface area contributed by atoms with Crippen LogP contribution in [0.1, 0.15) is 32.0 Å². The van der Waals surface area contributed by atoms with Crippen LogP contribution in [0.2, 0.25) is 0 Å². The number of hydrogen-bond donors (Lipinski definition) is 1. The van der Waals surface area contributed by atoms with E-state index in [1.807, 2.05) is 26.0 Å². The van der Waals surface area contributed by atoms with Gasteiger partial charge in [-0.2, -0.15) is 0 Å². The summed E-state index contributed by atoms with van der Waals surface area (Å²) in [5.74, 6) is 0.0188. The summed E-state index contributed by atoms with van der Waals surface area (Å²) >= 11 is 0. The zero-order valence-electron chi connectivity index (χ0n) is 11.6. The van der Waals surface area contributed by atoms with Crippen LogP contribution in [0.25, 0.3) is 0 Å². The maximum atomic E-state index is 12.1.